The second kappa shape index (κ2) is 8.01. The Balaban J connectivity index is 2.79. The van der Waals surface area contributed by atoms with Crippen LogP contribution in [0.2, 0.25) is 0 Å². The van der Waals surface area contributed by atoms with Crippen molar-refractivity contribution >= 4 is 15.7 Å². The number of aliphatic hydroxyl groups excluding tert-OH is 1. The standard InChI is InChI=1S/C15H20FNO3S/c1-12(2)8-10-21(19,20)17-15-7-6-13(11-14(15)16)5-3-4-9-18/h6-7,11-12,17-18H,4,8-10H2,1-2H3. The maximum absolute atomic E-state index is 13.8. The summed E-state index contributed by atoms with van der Waals surface area (Å²) in [5.74, 6) is 4.92. The molecule has 1 aromatic rings. The van der Waals surface area contributed by atoms with Gasteiger partial charge in [0, 0.05) is 12.0 Å². The summed E-state index contributed by atoms with van der Waals surface area (Å²) in [4.78, 5) is 0. The van der Waals surface area contributed by atoms with Gasteiger partial charge >= 0.3 is 0 Å². The highest BCUT2D eigenvalue weighted by molar-refractivity contribution is 7.92. The van der Waals surface area contributed by atoms with E-state index in [1.54, 1.807) is 0 Å². The number of rotatable bonds is 6. The first-order valence-corrected chi connectivity index (χ1v) is 8.39. The van der Waals surface area contributed by atoms with Gasteiger partial charge in [0.25, 0.3) is 0 Å². The van der Waals surface area contributed by atoms with Crippen LogP contribution < -0.4 is 4.72 Å². The van der Waals surface area contributed by atoms with E-state index in [0.29, 0.717) is 18.4 Å². The van der Waals surface area contributed by atoms with Crippen molar-refractivity contribution in [3.8, 4) is 11.8 Å². The molecule has 0 amide bonds. The lowest BCUT2D eigenvalue weighted by Gasteiger charge is -2.10. The van der Waals surface area contributed by atoms with Crippen LogP contribution in [0.1, 0.15) is 32.3 Å². The molecule has 0 saturated heterocycles. The second-order valence-electron chi connectivity index (χ2n) is 5.07. The van der Waals surface area contributed by atoms with Crippen molar-refractivity contribution in [3.63, 3.8) is 0 Å². The first-order chi connectivity index (χ1) is 9.84. The van der Waals surface area contributed by atoms with Crippen molar-refractivity contribution < 1.29 is 17.9 Å². The van der Waals surface area contributed by atoms with Crippen molar-refractivity contribution in [1.82, 2.24) is 0 Å². The van der Waals surface area contributed by atoms with Crippen molar-refractivity contribution in [3.05, 3.63) is 29.6 Å². The number of anilines is 1. The Kier molecular flexibility index (Phi) is 6.66. The minimum absolute atomic E-state index is 0.0395. The topological polar surface area (TPSA) is 66.4 Å². The molecule has 0 saturated carbocycles. The second-order valence-corrected chi connectivity index (χ2v) is 6.92. The van der Waals surface area contributed by atoms with Crippen LogP contribution in [0.5, 0.6) is 0 Å². The molecule has 0 radical (unpaired) electrons. The summed E-state index contributed by atoms with van der Waals surface area (Å²) >= 11 is 0. The van der Waals surface area contributed by atoms with Gasteiger partial charge in [0.2, 0.25) is 10.0 Å². The summed E-state index contributed by atoms with van der Waals surface area (Å²) in [6, 6.07) is 4.06. The van der Waals surface area contributed by atoms with Crippen LogP contribution in [0.15, 0.2) is 18.2 Å². The Labute approximate surface area is 125 Å². The van der Waals surface area contributed by atoms with E-state index in [0.717, 1.165) is 0 Å². The third-order valence-corrected chi connectivity index (χ3v) is 3.97. The fraction of sp³-hybridized carbons (Fsp3) is 0.467. The molecule has 0 aliphatic heterocycles. The summed E-state index contributed by atoms with van der Waals surface area (Å²) in [5.41, 5.74) is 0.359. The molecule has 6 heteroatoms. The number of hydrogen-bond acceptors (Lipinski definition) is 3. The predicted octanol–water partition coefficient (Wildman–Crippen LogP) is 2.35. The van der Waals surface area contributed by atoms with Gasteiger partial charge in [-0.1, -0.05) is 25.7 Å². The number of nitrogens with one attached hydrogen (secondary N) is 1. The highest BCUT2D eigenvalue weighted by Gasteiger charge is 2.14. The molecule has 1 aromatic carbocycles. The Hall–Kier alpha value is -1.58. The van der Waals surface area contributed by atoms with Crippen LogP contribution >= 0.6 is 0 Å². The van der Waals surface area contributed by atoms with Gasteiger partial charge < -0.3 is 5.11 Å². The first kappa shape index (κ1) is 17.5. The third-order valence-electron chi connectivity index (χ3n) is 2.67. The molecular weight excluding hydrogens is 293 g/mol. The Morgan fingerprint density at radius 1 is 1.38 bits per heavy atom. The van der Waals surface area contributed by atoms with Gasteiger partial charge in [0.15, 0.2) is 0 Å². The number of benzene rings is 1. The van der Waals surface area contributed by atoms with Gasteiger partial charge in [-0.15, -0.1) is 0 Å². The molecule has 0 aromatic heterocycles. The zero-order valence-electron chi connectivity index (χ0n) is 12.2. The van der Waals surface area contributed by atoms with E-state index in [9.17, 15) is 12.8 Å². The van der Waals surface area contributed by atoms with Crippen molar-refractivity contribution in [2.45, 2.75) is 26.7 Å². The molecule has 0 unspecified atom stereocenters. The maximum atomic E-state index is 13.8. The zero-order valence-corrected chi connectivity index (χ0v) is 13.0. The van der Waals surface area contributed by atoms with Gasteiger partial charge in [-0.25, -0.2) is 12.8 Å². The van der Waals surface area contributed by atoms with Crippen LogP contribution in [0, 0.1) is 23.6 Å². The summed E-state index contributed by atoms with van der Waals surface area (Å²) in [5, 5.41) is 8.61. The molecular formula is C15H20FNO3S. The van der Waals surface area contributed by atoms with E-state index in [1.165, 1.54) is 18.2 Å². The van der Waals surface area contributed by atoms with Crippen LogP contribution in [-0.4, -0.2) is 25.9 Å². The highest BCUT2D eigenvalue weighted by Crippen LogP contribution is 2.17. The van der Waals surface area contributed by atoms with Gasteiger partial charge in [0.1, 0.15) is 5.82 Å². The van der Waals surface area contributed by atoms with Gasteiger partial charge in [-0.05, 0) is 30.5 Å². The lowest BCUT2D eigenvalue weighted by molar-refractivity contribution is 0.305. The smallest absolute Gasteiger partial charge is 0.232 e. The van der Waals surface area contributed by atoms with Crippen LogP contribution in [0.4, 0.5) is 10.1 Å². The monoisotopic (exact) mass is 313 g/mol. The molecule has 2 N–H and O–H groups in total. The minimum atomic E-state index is -3.55. The molecule has 21 heavy (non-hydrogen) atoms. The molecule has 0 atom stereocenters. The van der Waals surface area contributed by atoms with E-state index in [2.05, 4.69) is 16.6 Å². The largest absolute Gasteiger partial charge is 0.395 e. The summed E-state index contributed by atoms with van der Waals surface area (Å²) < 4.78 is 39.7. The average Bonchev–Trinajstić information content (AvgIpc) is 2.40. The van der Waals surface area contributed by atoms with E-state index < -0.39 is 15.8 Å². The van der Waals surface area contributed by atoms with Crippen molar-refractivity contribution in [2.75, 3.05) is 17.1 Å². The fourth-order valence-electron chi connectivity index (χ4n) is 1.51. The Morgan fingerprint density at radius 3 is 2.67 bits per heavy atom. The molecule has 0 aliphatic rings. The van der Waals surface area contributed by atoms with Crippen LogP contribution in [0.3, 0.4) is 0 Å². The third kappa shape index (κ3) is 6.61. The van der Waals surface area contributed by atoms with Crippen molar-refractivity contribution in [1.29, 1.82) is 0 Å². The average molecular weight is 313 g/mol. The fourth-order valence-corrected chi connectivity index (χ4v) is 2.89. The van der Waals surface area contributed by atoms with E-state index in [-0.39, 0.29) is 24.0 Å². The lowest BCUT2D eigenvalue weighted by atomic mass is 10.2. The van der Waals surface area contributed by atoms with E-state index >= 15 is 0 Å². The molecule has 116 valence electrons. The van der Waals surface area contributed by atoms with Gasteiger partial charge in [-0.2, -0.15) is 0 Å². The molecule has 0 aliphatic carbocycles. The van der Waals surface area contributed by atoms with Gasteiger partial charge in [0.05, 0.1) is 18.0 Å². The molecule has 4 nitrogen and oxygen atoms in total. The quantitative estimate of drug-likeness (QED) is 0.792. The summed E-state index contributed by atoms with van der Waals surface area (Å²) in [7, 11) is -3.55. The normalized spacial score (nSPS) is 11.1. The molecule has 0 bridgehead atoms. The SMILES string of the molecule is CC(C)CCS(=O)(=O)Nc1ccc(C#CCCO)cc1F. The molecule has 0 spiro atoms. The Bertz CT molecular complexity index is 630. The maximum Gasteiger partial charge on any atom is 0.232 e. The zero-order chi connectivity index (χ0) is 15.9. The molecule has 0 fully saturated rings. The number of halogens is 1. The van der Waals surface area contributed by atoms with E-state index in [4.69, 9.17) is 5.11 Å². The van der Waals surface area contributed by atoms with Gasteiger partial charge in [-0.3, -0.25) is 4.72 Å². The molecule has 1 rings (SSSR count). The molecule has 0 heterocycles. The minimum Gasteiger partial charge on any atom is -0.395 e. The highest BCUT2D eigenvalue weighted by atomic mass is 32.2. The lowest BCUT2D eigenvalue weighted by Crippen LogP contribution is -2.18. The summed E-state index contributed by atoms with van der Waals surface area (Å²) in [6.45, 7) is 3.80. The first-order valence-electron chi connectivity index (χ1n) is 6.74. The summed E-state index contributed by atoms with van der Waals surface area (Å²) in [6.07, 6.45) is 0.826. The Morgan fingerprint density at radius 2 is 2.10 bits per heavy atom. The predicted molar refractivity (Wildman–Crippen MR) is 81.8 cm³/mol. The number of aliphatic hydroxyl groups is 1. The van der Waals surface area contributed by atoms with E-state index in [1.807, 2.05) is 13.8 Å². The van der Waals surface area contributed by atoms with Crippen LogP contribution in [-0.2, 0) is 10.0 Å². The number of sulfonamides is 1. The van der Waals surface area contributed by atoms with Crippen molar-refractivity contribution in [2.24, 2.45) is 5.92 Å². The van der Waals surface area contributed by atoms with Crippen LogP contribution in [0.25, 0.3) is 0 Å². The number of hydrogen-bond donors (Lipinski definition) is 2.